The molecular formula is C30H29FN6O3S2. The van der Waals surface area contributed by atoms with E-state index in [0.29, 0.717) is 45.0 Å². The lowest BCUT2D eigenvalue weighted by Gasteiger charge is -2.42. The van der Waals surface area contributed by atoms with E-state index in [1.54, 1.807) is 37.1 Å². The van der Waals surface area contributed by atoms with Gasteiger partial charge in [0.1, 0.15) is 17.4 Å². The Labute approximate surface area is 251 Å². The molecule has 2 aliphatic rings. The normalized spacial score (nSPS) is 18.0. The number of aromatic nitrogens is 2. The molecule has 1 aliphatic heterocycles. The van der Waals surface area contributed by atoms with Crippen LogP contribution in [0.15, 0.2) is 69.5 Å². The summed E-state index contributed by atoms with van der Waals surface area (Å²) in [5, 5.41) is 22.0. The molecule has 0 saturated carbocycles. The second kappa shape index (κ2) is 11.6. The molecule has 0 radical (unpaired) electrons. The van der Waals surface area contributed by atoms with Crippen molar-refractivity contribution in [3.05, 3.63) is 82.1 Å². The minimum Gasteiger partial charge on any atom is -0.497 e. The third kappa shape index (κ3) is 5.75. The molecule has 5 rings (SSSR count). The van der Waals surface area contributed by atoms with E-state index in [9.17, 15) is 19.2 Å². The molecule has 1 atom stereocenters. The van der Waals surface area contributed by atoms with Gasteiger partial charge in [-0.05, 0) is 54.2 Å². The monoisotopic (exact) mass is 604 g/mol. The van der Waals surface area contributed by atoms with Gasteiger partial charge >= 0.3 is 0 Å². The third-order valence-corrected chi connectivity index (χ3v) is 9.26. The second-order valence-electron chi connectivity index (χ2n) is 10.9. The number of Topliss-reactive ketones (excluding diaryl/α,β-unsaturated/α-hetero) is 1. The number of amides is 1. The fourth-order valence-electron chi connectivity index (χ4n) is 5.25. The standard InChI is InChI=1S/C30H29FN6O3S2/c1-16-5-8-18(31)11-21(16)34-24(39)15-41-29-36-35-28(42-29)37-22-12-30(2,3)13-23(38)26(22)25(20(14-32)27(37)33)17-6-9-19(40-4)10-7-17/h5-11,25H,12-13,15,33H2,1-4H3,(H,34,39). The number of hydrogen-bond donors (Lipinski definition) is 2. The Hall–Kier alpha value is -4.21. The van der Waals surface area contributed by atoms with Crippen molar-refractivity contribution in [1.29, 1.82) is 5.26 Å². The van der Waals surface area contributed by atoms with Gasteiger partial charge in [0, 0.05) is 23.4 Å². The number of thioether (sulfide) groups is 1. The Balaban J connectivity index is 1.46. The van der Waals surface area contributed by atoms with Crippen molar-refractivity contribution in [1.82, 2.24) is 10.2 Å². The highest BCUT2D eigenvalue weighted by Gasteiger charge is 2.45. The molecule has 2 aromatic carbocycles. The van der Waals surface area contributed by atoms with Crippen LogP contribution in [0.3, 0.4) is 0 Å². The Bertz CT molecular complexity index is 1670. The Morgan fingerprint density at radius 3 is 2.69 bits per heavy atom. The van der Waals surface area contributed by atoms with Crippen LogP contribution >= 0.6 is 23.1 Å². The van der Waals surface area contributed by atoms with E-state index in [-0.39, 0.29) is 34.3 Å². The van der Waals surface area contributed by atoms with Crippen LogP contribution in [0.5, 0.6) is 5.75 Å². The zero-order chi connectivity index (χ0) is 30.2. The lowest BCUT2D eigenvalue weighted by Crippen LogP contribution is -2.42. The second-order valence-corrected chi connectivity index (χ2v) is 13.1. The molecule has 3 N–H and O–H groups in total. The smallest absolute Gasteiger partial charge is 0.234 e. The third-order valence-electron chi connectivity index (χ3n) is 7.22. The Morgan fingerprint density at radius 2 is 2.00 bits per heavy atom. The van der Waals surface area contributed by atoms with Crippen LogP contribution in [-0.4, -0.2) is 34.8 Å². The number of allylic oxidation sites excluding steroid dienone is 3. The molecule has 0 fully saturated rings. The van der Waals surface area contributed by atoms with Crippen LogP contribution in [0.25, 0.3) is 0 Å². The van der Waals surface area contributed by atoms with Gasteiger partial charge in [0.25, 0.3) is 0 Å². The summed E-state index contributed by atoms with van der Waals surface area (Å²) in [6, 6.07) is 13.7. The molecule has 0 spiro atoms. The number of ether oxygens (including phenoxy) is 1. The topological polar surface area (TPSA) is 134 Å². The number of nitriles is 1. The maximum Gasteiger partial charge on any atom is 0.234 e. The van der Waals surface area contributed by atoms with Crippen LogP contribution < -0.4 is 20.7 Å². The number of ketones is 1. The molecule has 1 aromatic heterocycles. The lowest BCUT2D eigenvalue weighted by molar-refractivity contribution is -0.118. The van der Waals surface area contributed by atoms with Gasteiger partial charge in [0.05, 0.1) is 30.4 Å². The molecule has 2 heterocycles. The highest BCUT2D eigenvalue weighted by Crippen LogP contribution is 2.50. The van der Waals surface area contributed by atoms with Gasteiger partial charge in [0.2, 0.25) is 11.0 Å². The van der Waals surface area contributed by atoms with Crippen molar-refractivity contribution < 1.29 is 18.7 Å². The zero-order valence-electron chi connectivity index (χ0n) is 23.5. The summed E-state index contributed by atoms with van der Waals surface area (Å²) in [4.78, 5) is 27.9. The van der Waals surface area contributed by atoms with Crippen LogP contribution in [0.4, 0.5) is 15.2 Å². The number of halogens is 1. The molecule has 12 heteroatoms. The van der Waals surface area contributed by atoms with Gasteiger partial charge in [-0.15, -0.1) is 10.2 Å². The average molecular weight is 605 g/mol. The first-order chi connectivity index (χ1) is 20.0. The van der Waals surface area contributed by atoms with Gasteiger partial charge in [-0.3, -0.25) is 14.5 Å². The quantitative estimate of drug-likeness (QED) is 0.327. The van der Waals surface area contributed by atoms with E-state index in [1.807, 2.05) is 26.0 Å². The molecule has 1 unspecified atom stereocenters. The van der Waals surface area contributed by atoms with E-state index in [2.05, 4.69) is 21.6 Å². The van der Waals surface area contributed by atoms with E-state index in [4.69, 9.17) is 10.5 Å². The minimum atomic E-state index is -0.618. The molecular weight excluding hydrogens is 576 g/mol. The number of anilines is 2. The summed E-state index contributed by atoms with van der Waals surface area (Å²) in [6.45, 7) is 5.83. The number of aryl methyl sites for hydroxylation is 1. The van der Waals surface area contributed by atoms with Crippen molar-refractivity contribution in [2.24, 2.45) is 11.1 Å². The zero-order valence-corrected chi connectivity index (χ0v) is 25.2. The molecule has 3 aromatic rings. The largest absolute Gasteiger partial charge is 0.497 e. The van der Waals surface area contributed by atoms with E-state index >= 15 is 0 Å². The lowest BCUT2D eigenvalue weighted by atomic mass is 9.68. The fourth-order valence-corrected chi connectivity index (χ4v) is 6.93. The van der Waals surface area contributed by atoms with Gasteiger partial charge < -0.3 is 15.8 Å². The summed E-state index contributed by atoms with van der Waals surface area (Å²) in [5.41, 5.74) is 9.74. The number of nitrogens with one attached hydrogen (secondary N) is 1. The number of rotatable bonds is 7. The number of hydrogen-bond acceptors (Lipinski definition) is 10. The van der Waals surface area contributed by atoms with Crippen LogP contribution in [0.1, 0.15) is 43.7 Å². The predicted octanol–water partition coefficient (Wildman–Crippen LogP) is 5.67. The first-order valence-electron chi connectivity index (χ1n) is 13.1. The van der Waals surface area contributed by atoms with E-state index in [0.717, 1.165) is 11.1 Å². The van der Waals surface area contributed by atoms with Crippen LogP contribution in [-0.2, 0) is 9.59 Å². The number of benzene rings is 2. The average Bonchev–Trinajstić information content (AvgIpc) is 3.41. The fraction of sp³-hybridized carbons (Fsp3) is 0.300. The number of carbonyl (C=O) groups is 2. The van der Waals surface area contributed by atoms with Crippen molar-refractivity contribution in [3.63, 3.8) is 0 Å². The number of nitrogens with two attached hydrogens (primary N) is 1. The highest BCUT2D eigenvalue weighted by molar-refractivity contribution is 8.01. The predicted molar refractivity (Wildman–Crippen MR) is 160 cm³/mol. The van der Waals surface area contributed by atoms with Crippen LogP contribution in [0.2, 0.25) is 0 Å². The van der Waals surface area contributed by atoms with Crippen molar-refractivity contribution in [2.45, 2.75) is 43.9 Å². The van der Waals surface area contributed by atoms with Crippen molar-refractivity contribution >= 4 is 45.6 Å². The first-order valence-corrected chi connectivity index (χ1v) is 14.9. The molecule has 1 aliphatic carbocycles. The maximum atomic E-state index is 13.7. The Morgan fingerprint density at radius 1 is 1.26 bits per heavy atom. The number of nitrogens with zero attached hydrogens (tertiary/aromatic N) is 4. The molecule has 0 bridgehead atoms. The van der Waals surface area contributed by atoms with Crippen molar-refractivity contribution in [3.8, 4) is 11.8 Å². The maximum absolute atomic E-state index is 13.7. The Kier molecular flexibility index (Phi) is 8.08. The van der Waals surface area contributed by atoms with Gasteiger partial charge in [-0.1, -0.05) is 55.1 Å². The summed E-state index contributed by atoms with van der Waals surface area (Å²) in [5.74, 6) is -0.540. The molecule has 216 valence electrons. The minimum absolute atomic E-state index is 0.0262. The molecule has 42 heavy (non-hydrogen) atoms. The molecule has 0 saturated heterocycles. The number of methoxy groups -OCH3 is 1. The van der Waals surface area contributed by atoms with Gasteiger partial charge in [0.15, 0.2) is 10.1 Å². The summed E-state index contributed by atoms with van der Waals surface area (Å²) >= 11 is 2.39. The highest BCUT2D eigenvalue weighted by atomic mass is 32.2. The SMILES string of the molecule is COc1ccc(C2C(C#N)=C(N)N(c3nnc(SCC(=O)Nc4cc(F)ccc4C)s3)C3=C2C(=O)CC(C)(C)C3)cc1. The molecule has 1 amide bonds. The van der Waals surface area contributed by atoms with E-state index in [1.165, 1.54) is 35.2 Å². The number of carbonyl (C=O) groups excluding carboxylic acids is 2. The summed E-state index contributed by atoms with van der Waals surface area (Å²) in [7, 11) is 1.58. The first kappa shape index (κ1) is 29.3. The van der Waals surface area contributed by atoms with Gasteiger partial charge in [-0.25, -0.2) is 4.39 Å². The van der Waals surface area contributed by atoms with Gasteiger partial charge in [-0.2, -0.15) is 5.26 Å². The van der Waals surface area contributed by atoms with Crippen LogP contribution in [0, 0.1) is 29.5 Å². The molecule has 9 nitrogen and oxygen atoms in total. The summed E-state index contributed by atoms with van der Waals surface area (Å²) in [6.07, 6.45) is 0.875. The van der Waals surface area contributed by atoms with E-state index < -0.39 is 11.7 Å². The summed E-state index contributed by atoms with van der Waals surface area (Å²) < 4.78 is 19.4. The van der Waals surface area contributed by atoms with Crippen molar-refractivity contribution in [2.75, 3.05) is 23.1 Å².